The third-order valence-electron chi connectivity index (χ3n) is 6.15. The number of piperidine rings is 1. The fraction of sp³-hybridized carbons (Fsp3) is 0.550. The van der Waals surface area contributed by atoms with E-state index in [1.165, 1.54) is 0 Å². The molecule has 5 nitrogen and oxygen atoms in total. The van der Waals surface area contributed by atoms with Crippen molar-refractivity contribution in [2.45, 2.75) is 38.4 Å². The van der Waals surface area contributed by atoms with Gasteiger partial charge in [-0.1, -0.05) is 18.2 Å². The topological polar surface area (TPSA) is 65.6 Å². The lowest BCUT2D eigenvalue weighted by Gasteiger charge is -2.56. The summed E-state index contributed by atoms with van der Waals surface area (Å²) in [6.45, 7) is 4.83. The zero-order valence-electron chi connectivity index (χ0n) is 14.7. The molecular weight excluding hydrogens is 316 g/mol. The van der Waals surface area contributed by atoms with Gasteiger partial charge in [-0.25, -0.2) is 0 Å². The second kappa shape index (κ2) is 6.56. The van der Waals surface area contributed by atoms with Crippen molar-refractivity contribution >= 4 is 16.7 Å². The lowest BCUT2D eigenvalue weighted by Crippen LogP contribution is -2.62. The fourth-order valence-corrected chi connectivity index (χ4v) is 4.53. The number of nitrogens with one attached hydrogen (secondary N) is 1. The number of aliphatic hydroxyl groups excluding tert-OH is 1. The number of H-pyrrole nitrogens is 1. The van der Waals surface area contributed by atoms with Crippen molar-refractivity contribution in [1.29, 1.82) is 0 Å². The molecule has 2 fully saturated rings. The van der Waals surface area contributed by atoms with E-state index in [0.717, 1.165) is 48.8 Å². The van der Waals surface area contributed by atoms with Crippen molar-refractivity contribution in [3.05, 3.63) is 36.0 Å². The Bertz CT molecular complexity index is 759. The number of Topliss-reactive ketones (excluding diaryl/α,β-unsaturated/α-hetero) is 1. The van der Waals surface area contributed by atoms with Crippen LogP contribution in [0, 0.1) is 5.41 Å². The number of hydrogen-bond acceptors (Lipinski definition) is 4. The van der Waals surface area contributed by atoms with E-state index in [0.29, 0.717) is 13.2 Å². The highest BCUT2D eigenvalue weighted by molar-refractivity contribution is 6.08. The molecule has 2 atom stereocenters. The number of fused-ring (bicyclic) bond motifs is 1. The van der Waals surface area contributed by atoms with Crippen LogP contribution in [0.1, 0.15) is 36.5 Å². The summed E-state index contributed by atoms with van der Waals surface area (Å²) in [6.07, 6.45) is 4.30. The molecule has 0 amide bonds. The van der Waals surface area contributed by atoms with Crippen LogP contribution in [-0.4, -0.2) is 59.2 Å². The maximum absolute atomic E-state index is 12.7. The zero-order chi connectivity index (χ0) is 17.4. The third-order valence-corrected chi connectivity index (χ3v) is 6.15. The van der Waals surface area contributed by atoms with Gasteiger partial charge in [0.25, 0.3) is 0 Å². The number of aromatic amines is 1. The standard InChI is InChI=1S/C20H26N2O3/c1-2-25-19-11-18(24)20(19)7-9-22(10-8-20)13-17(23)15-12-21-16-6-4-3-5-14(15)16/h3-6,12,18-19,21,24H,2,7-11,13H2,1H3. The van der Waals surface area contributed by atoms with Gasteiger partial charge in [0, 0.05) is 41.1 Å². The summed E-state index contributed by atoms with van der Waals surface area (Å²) in [5, 5.41) is 11.3. The number of aromatic nitrogens is 1. The van der Waals surface area contributed by atoms with E-state index in [4.69, 9.17) is 4.74 Å². The predicted molar refractivity (Wildman–Crippen MR) is 96.8 cm³/mol. The number of nitrogens with zero attached hydrogens (tertiary/aromatic N) is 1. The molecule has 0 radical (unpaired) electrons. The number of ketones is 1. The number of carbonyl (C=O) groups is 1. The largest absolute Gasteiger partial charge is 0.392 e. The average Bonchev–Trinajstić information content (AvgIpc) is 3.06. The summed E-state index contributed by atoms with van der Waals surface area (Å²) in [6, 6.07) is 7.91. The molecule has 0 bridgehead atoms. The van der Waals surface area contributed by atoms with Gasteiger partial charge in [-0.2, -0.15) is 0 Å². The number of aliphatic hydroxyl groups is 1. The number of para-hydroxylation sites is 1. The van der Waals surface area contributed by atoms with Gasteiger partial charge in [-0.3, -0.25) is 9.69 Å². The van der Waals surface area contributed by atoms with E-state index >= 15 is 0 Å². The molecule has 1 saturated heterocycles. The number of hydrogen-bond donors (Lipinski definition) is 2. The van der Waals surface area contributed by atoms with Crippen LogP contribution in [0.5, 0.6) is 0 Å². The Morgan fingerprint density at radius 2 is 2.12 bits per heavy atom. The van der Waals surface area contributed by atoms with Crippen molar-refractivity contribution in [3.8, 4) is 0 Å². The average molecular weight is 342 g/mol. The molecule has 1 spiro atoms. The van der Waals surface area contributed by atoms with Crippen molar-refractivity contribution < 1.29 is 14.6 Å². The maximum atomic E-state index is 12.7. The summed E-state index contributed by atoms with van der Waals surface area (Å²) in [4.78, 5) is 18.1. The van der Waals surface area contributed by atoms with Crippen molar-refractivity contribution in [2.75, 3.05) is 26.2 Å². The van der Waals surface area contributed by atoms with Crippen LogP contribution in [0.25, 0.3) is 10.9 Å². The van der Waals surface area contributed by atoms with Crippen molar-refractivity contribution in [2.24, 2.45) is 5.41 Å². The summed E-state index contributed by atoms with van der Waals surface area (Å²) in [5.41, 5.74) is 1.68. The summed E-state index contributed by atoms with van der Waals surface area (Å²) in [5.74, 6) is 0.156. The Morgan fingerprint density at radius 1 is 1.36 bits per heavy atom. The van der Waals surface area contributed by atoms with Crippen LogP contribution in [0.4, 0.5) is 0 Å². The lowest BCUT2D eigenvalue weighted by atomic mass is 9.58. The van der Waals surface area contributed by atoms with Gasteiger partial charge >= 0.3 is 0 Å². The minimum absolute atomic E-state index is 0.0870. The molecule has 25 heavy (non-hydrogen) atoms. The summed E-state index contributed by atoms with van der Waals surface area (Å²) < 4.78 is 5.82. The summed E-state index contributed by atoms with van der Waals surface area (Å²) in [7, 11) is 0. The molecule has 4 rings (SSSR count). The van der Waals surface area contributed by atoms with E-state index in [1.54, 1.807) is 0 Å². The van der Waals surface area contributed by atoms with E-state index < -0.39 is 0 Å². The first-order valence-corrected chi connectivity index (χ1v) is 9.25. The van der Waals surface area contributed by atoms with Gasteiger partial charge in [0.1, 0.15) is 0 Å². The lowest BCUT2D eigenvalue weighted by molar-refractivity contribution is -0.209. The van der Waals surface area contributed by atoms with Crippen LogP contribution in [0.15, 0.2) is 30.5 Å². The second-order valence-electron chi connectivity index (χ2n) is 7.38. The Hall–Kier alpha value is -1.69. The van der Waals surface area contributed by atoms with Crippen molar-refractivity contribution in [3.63, 3.8) is 0 Å². The number of likely N-dealkylation sites (tertiary alicyclic amines) is 1. The Labute approximate surface area is 148 Å². The van der Waals surface area contributed by atoms with Crippen LogP contribution >= 0.6 is 0 Å². The number of rotatable bonds is 5. The molecule has 1 aliphatic carbocycles. The normalized spacial score (nSPS) is 26.0. The predicted octanol–water partition coefficient (Wildman–Crippen LogP) is 2.60. The SMILES string of the molecule is CCOC1CC(O)C12CCN(CC(=O)c1c[nH]c3ccccc13)CC2. The molecule has 1 aromatic heterocycles. The highest BCUT2D eigenvalue weighted by atomic mass is 16.5. The molecule has 2 unspecified atom stereocenters. The summed E-state index contributed by atoms with van der Waals surface area (Å²) >= 11 is 0. The molecule has 1 aliphatic heterocycles. The zero-order valence-corrected chi connectivity index (χ0v) is 14.7. The van der Waals surface area contributed by atoms with Crippen LogP contribution in [0.2, 0.25) is 0 Å². The van der Waals surface area contributed by atoms with Crippen LogP contribution in [-0.2, 0) is 4.74 Å². The Kier molecular flexibility index (Phi) is 4.40. The number of ether oxygens (including phenoxy) is 1. The van der Waals surface area contributed by atoms with E-state index in [9.17, 15) is 9.90 Å². The quantitative estimate of drug-likeness (QED) is 0.820. The number of carbonyl (C=O) groups excluding carboxylic acids is 1. The minimum Gasteiger partial charge on any atom is -0.392 e. The minimum atomic E-state index is -0.254. The molecule has 2 aliphatic rings. The first-order valence-electron chi connectivity index (χ1n) is 9.25. The maximum Gasteiger partial charge on any atom is 0.178 e. The van der Waals surface area contributed by atoms with Gasteiger partial charge in [0.2, 0.25) is 0 Å². The molecule has 1 aromatic carbocycles. The second-order valence-corrected chi connectivity index (χ2v) is 7.38. The molecule has 5 heteroatoms. The highest BCUT2D eigenvalue weighted by Crippen LogP contribution is 2.50. The van der Waals surface area contributed by atoms with Gasteiger partial charge in [-0.05, 0) is 38.9 Å². The monoisotopic (exact) mass is 342 g/mol. The highest BCUT2D eigenvalue weighted by Gasteiger charge is 2.55. The van der Waals surface area contributed by atoms with E-state index in [-0.39, 0.29) is 23.4 Å². The Balaban J connectivity index is 1.39. The molecule has 2 N–H and O–H groups in total. The van der Waals surface area contributed by atoms with Gasteiger partial charge in [-0.15, -0.1) is 0 Å². The third kappa shape index (κ3) is 2.80. The van der Waals surface area contributed by atoms with Gasteiger partial charge in [0.05, 0.1) is 18.8 Å². The van der Waals surface area contributed by atoms with Gasteiger partial charge in [0.15, 0.2) is 5.78 Å². The molecule has 1 saturated carbocycles. The molecule has 2 aromatic rings. The van der Waals surface area contributed by atoms with E-state index in [1.807, 2.05) is 37.4 Å². The number of benzene rings is 1. The fourth-order valence-electron chi connectivity index (χ4n) is 4.53. The smallest absolute Gasteiger partial charge is 0.178 e. The molecule has 134 valence electrons. The first-order chi connectivity index (χ1) is 12.1. The molecule has 2 heterocycles. The van der Waals surface area contributed by atoms with Crippen LogP contribution < -0.4 is 0 Å². The first kappa shape index (κ1) is 16.8. The molecular formula is C20H26N2O3. The van der Waals surface area contributed by atoms with E-state index in [2.05, 4.69) is 9.88 Å². The Morgan fingerprint density at radius 3 is 2.84 bits per heavy atom. The van der Waals surface area contributed by atoms with Crippen molar-refractivity contribution in [1.82, 2.24) is 9.88 Å². The van der Waals surface area contributed by atoms with Gasteiger partial charge < -0.3 is 14.8 Å². The van der Waals surface area contributed by atoms with Crippen LogP contribution in [0.3, 0.4) is 0 Å².